The van der Waals surface area contributed by atoms with Crippen LogP contribution in [0.2, 0.25) is 0 Å². The van der Waals surface area contributed by atoms with Crippen LogP contribution in [0.1, 0.15) is 20.8 Å². The first-order chi connectivity index (χ1) is 12.4. The fourth-order valence-electron chi connectivity index (χ4n) is 2.60. The molecule has 0 fully saturated rings. The van der Waals surface area contributed by atoms with E-state index in [-0.39, 0.29) is 0 Å². The third-order valence-electron chi connectivity index (χ3n) is 3.69. The summed E-state index contributed by atoms with van der Waals surface area (Å²) in [5.41, 5.74) is 0.146. The molecule has 0 spiro atoms. The number of ether oxygens (including phenoxy) is 2. The summed E-state index contributed by atoms with van der Waals surface area (Å²) in [6.07, 6.45) is 4.92. The molecule has 1 amide bonds. The molecular weight excluding hydrogens is 330 g/mol. The van der Waals surface area contributed by atoms with Gasteiger partial charge in [-0.25, -0.2) is 9.78 Å². The normalized spacial score (nSPS) is 11.3. The molecule has 0 saturated heterocycles. The molecule has 6 nitrogen and oxygen atoms in total. The summed E-state index contributed by atoms with van der Waals surface area (Å²) in [6.45, 7) is 6.75. The molecule has 3 rings (SSSR count). The zero-order chi connectivity index (χ0) is 18.6. The lowest BCUT2D eigenvalue weighted by molar-refractivity contribution is 0.0636. The molecule has 1 heterocycles. The molecule has 3 aromatic rings. The average Bonchev–Trinajstić information content (AvgIpc) is 3.08. The number of fused-ring (bicyclic) bond motifs is 1. The van der Waals surface area contributed by atoms with Crippen molar-refractivity contribution >= 4 is 22.6 Å². The molecule has 0 atom stereocenters. The Hall–Kier alpha value is -3.02. The van der Waals surface area contributed by atoms with Crippen LogP contribution in [0.15, 0.2) is 55.1 Å². The van der Waals surface area contributed by atoms with Crippen molar-refractivity contribution in [1.29, 1.82) is 0 Å². The van der Waals surface area contributed by atoms with Crippen molar-refractivity contribution in [3.63, 3.8) is 0 Å². The number of hydrogen-bond acceptors (Lipinski definition) is 4. The molecular formula is C20H23N3O3. The number of aromatic nitrogens is 2. The van der Waals surface area contributed by atoms with Gasteiger partial charge in [-0.15, -0.1) is 0 Å². The minimum Gasteiger partial charge on any atom is -0.491 e. The van der Waals surface area contributed by atoms with Crippen molar-refractivity contribution in [3.8, 4) is 5.75 Å². The van der Waals surface area contributed by atoms with Gasteiger partial charge in [0, 0.05) is 23.2 Å². The molecule has 0 saturated carbocycles. The topological polar surface area (TPSA) is 65.4 Å². The van der Waals surface area contributed by atoms with E-state index in [4.69, 9.17) is 9.47 Å². The number of anilines is 1. The van der Waals surface area contributed by atoms with Crippen LogP contribution in [0.4, 0.5) is 10.5 Å². The number of rotatable bonds is 5. The number of nitrogens with zero attached hydrogens (tertiary/aromatic N) is 2. The molecule has 0 bridgehead atoms. The third kappa shape index (κ3) is 4.53. The number of imidazole rings is 1. The highest BCUT2D eigenvalue weighted by Crippen LogP contribution is 2.32. The number of carbonyl (C=O) groups excluding carboxylic acids is 1. The second-order valence-electron chi connectivity index (χ2n) is 6.93. The van der Waals surface area contributed by atoms with E-state index in [9.17, 15) is 4.79 Å². The maximum atomic E-state index is 12.1. The Morgan fingerprint density at radius 1 is 1.15 bits per heavy atom. The Kier molecular flexibility index (Phi) is 5.11. The quantitative estimate of drug-likeness (QED) is 0.735. The van der Waals surface area contributed by atoms with Gasteiger partial charge in [0.1, 0.15) is 18.0 Å². The van der Waals surface area contributed by atoms with E-state index in [1.54, 1.807) is 12.5 Å². The maximum Gasteiger partial charge on any atom is 0.412 e. The van der Waals surface area contributed by atoms with Crippen LogP contribution in [0.3, 0.4) is 0 Å². The lowest BCUT2D eigenvalue weighted by Crippen LogP contribution is -2.27. The molecule has 26 heavy (non-hydrogen) atoms. The lowest BCUT2D eigenvalue weighted by Gasteiger charge is -2.20. The van der Waals surface area contributed by atoms with Crippen LogP contribution >= 0.6 is 0 Å². The van der Waals surface area contributed by atoms with E-state index in [1.807, 2.05) is 67.9 Å². The standard InChI is InChI=1S/C20H23N3O3/c1-20(2,3)26-19(24)22-17-8-9-18(16-7-5-4-6-15(16)17)25-13-12-23-11-10-21-14-23/h4-11,14H,12-13H2,1-3H3,(H,22,24). The summed E-state index contributed by atoms with van der Waals surface area (Å²) in [7, 11) is 0. The predicted octanol–water partition coefficient (Wildman–Crippen LogP) is 4.46. The Balaban J connectivity index is 1.76. The Labute approximate surface area is 152 Å². The Morgan fingerprint density at radius 3 is 2.62 bits per heavy atom. The molecule has 1 N–H and O–H groups in total. The molecule has 0 unspecified atom stereocenters. The van der Waals surface area contributed by atoms with Gasteiger partial charge in [0.25, 0.3) is 0 Å². The zero-order valence-electron chi connectivity index (χ0n) is 15.2. The largest absolute Gasteiger partial charge is 0.491 e. The summed E-state index contributed by atoms with van der Waals surface area (Å²) in [4.78, 5) is 16.1. The third-order valence-corrected chi connectivity index (χ3v) is 3.69. The van der Waals surface area contributed by atoms with Gasteiger partial charge in [-0.2, -0.15) is 0 Å². The van der Waals surface area contributed by atoms with Crippen LogP contribution in [0.5, 0.6) is 5.75 Å². The highest BCUT2D eigenvalue weighted by Gasteiger charge is 2.17. The number of hydrogen-bond donors (Lipinski definition) is 1. The van der Waals surface area contributed by atoms with Crippen LogP contribution in [-0.2, 0) is 11.3 Å². The molecule has 136 valence electrons. The smallest absolute Gasteiger partial charge is 0.412 e. The molecule has 0 aliphatic heterocycles. The highest BCUT2D eigenvalue weighted by molar-refractivity contribution is 6.02. The second-order valence-corrected chi connectivity index (χ2v) is 6.93. The Morgan fingerprint density at radius 2 is 1.92 bits per heavy atom. The summed E-state index contributed by atoms with van der Waals surface area (Å²) in [5.74, 6) is 0.774. The van der Waals surface area contributed by atoms with Crippen LogP contribution in [0, 0.1) is 0 Å². The SMILES string of the molecule is CC(C)(C)OC(=O)Nc1ccc(OCCn2ccnc2)c2ccccc12. The first kappa shape index (κ1) is 17.8. The van der Waals surface area contributed by atoms with Crippen molar-refractivity contribution in [3.05, 3.63) is 55.1 Å². The van der Waals surface area contributed by atoms with Gasteiger partial charge in [0.2, 0.25) is 0 Å². The minimum atomic E-state index is -0.545. The Bertz CT molecular complexity index is 883. The van der Waals surface area contributed by atoms with E-state index in [0.717, 1.165) is 16.5 Å². The molecule has 0 radical (unpaired) electrons. The second kappa shape index (κ2) is 7.47. The average molecular weight is 353 g/mol. The van der Waals surface area contributed by atoms with Crippen molar-refractivity contribution in [2.24, 2.45) is 0 Å². The van der Waals surface area contributed by atoms with Crippen LogP contribution < -0.4 is 10.1 Å². The molecule has 0 aliphatic carbocycles. The number of carbonyl (C=O) groups is 1. The molecule has 6 heteroatoms. The van der Waals surface area contributed by atoms with E-state index in [0.29, 0.717) is 18.8 Å². The van der Waals surface area contributed by atoms with Gasteiger partial charge in [-0.3, -0.25) is 5.32 Å². The van der Waals surface area contributed by atoms with Gasteiger partial charge >= 0.3 is 6.09 Å². The van der Waals surface area contributed by atoms with Crippen molar-refractivity contribution in [2.45, 2.75) is 32.9 Å². The summed E-state index contributed by atoms with van der Waals surface area (Å²) < 4.78 is 13.2. The summed E-state index contributed by atoms with van der Waals surface area (Å²) in [6, 6.07) is 11.5. The highest BCUT2D eigenvalue weighted by atomic mass is 16.6. The van der Waals surface area contributed by atoms with E-state index >= 15 is 0 Å². The number of nitrogens with one attached hydrogen (secondary N) is 1. The fourth-order valence-corrected chi connectivity index (χ4v) is 2.60. The first-order valence-electron chi connectivity index (χ1n) is 8.53. The minimum absolute atomic E-state index is 0.476. The molecule has 1 aromatic heterocycles. The maximum absolute atomic E-state index is 12.1. The van der Waals surface area contributed by atoms with E-state index in [2.05, 4.69) is 10.3 Å². The van der Waals surface area contributed by atoms with Gasteiger partial charge in [-0.05, 0) is 32.9 Å². The van der Waals surface area contributed by atoms with Gasteiger partial charge in [0.05, 0.1) is 18.6 Å². The number of benzene rings is 2. The van der Waals surface area contributed by atoms with E-state index < -0.39 is 11.7 Å². The van der Waals surface area contributed by atoms with Gasteiger partial charge in [0.15, 0.2) is 0 Å². The van der Waals surface area contributed by atoms with Crippen molar-refractivity contribution in [2.75, 3.05) is 11.9 Å². The van der Waals surface area contributed by atoms with Crippen molar-refractivity contribution in [1.82, 2.24) is 9.55 Å². The predicted molar refractivity (Wildman–Crippen MR) is 102 cm³/mol. The molecule has 0 aliphatic rings. The van der Waals surface area contributed by atoms with Gasteiger partial charge < -0.3 is 14.0 Å². The lowest BCUT2D eigenvalue weighted by atomic mass is 10.1. The molecule has 2 aromatic carbocycles. The summed E-state index contributed by atoms with van der Waals surface area (Å²) >= 11 is 0. The zero-order valence-corrected chi connectivity index (χ0v) is 15.2. The fraction of sp³-hybridized carbons (Fsp3) is 0.300. The van der Waals surface area contributed by atoms with Crippen LogP contribution in [-0.4, -0.2) is 27.9 Å². The first-order valence-corrected chi connectivity index (χ1v) is 8.53. The van der Waals surface area contributed by atoms with Gasteiger partial charge in [-0.1, -0.05) is 24.3 Å². The van der Waals surface area contributed by atoms with Crippen molar-refractivity contribution < 1.29 is 14.3 Å². The number of amides is 1. The summed E-state index contributed by atoms with van der Waals surface area (Å²) in [5, 5.41) is 4.66. The van der Waals surface area contributed by atoms with E-state index in [1.165, 1.54) is 0 Å². The monoisotopic (exact) mass is 353 g/mol. The van der Waals surface area contributed by atoms with Crippen LogP contribution in [0.25, 0.3) is 10.8 Å².